The van der Waals surface area contributed by atoms with Crippen molar-refractivity contribution in [3.8, 4) is 0 Å². The number of rotatable bonds is 7. The van der Waals surface area contributed by atoms with Crippen LogP contribution in [-0.4, -0.2) is 17.0 Å². The lowest BCUT2D eigenvalue weighted by molar-refractivity contribution is -0.122. The van der Waals surface area contributed by atoms with Gasteiger partial charge in [-0.2, -0.15) is 0 Å². The van der Waals surface area contributed by atoms with Gasteiger partial charge in [0.1, 0.15) is 17.1 Å². The molecule has 1 heterocycles. The summed E-state index contributed by atoms with van der Waals surface area (Å²) in [6.07, 6.45) is 0.382. The molecule has 5 heteroatoms. The smallest absolute Gasteiger partial charge is 0.339 e. The molecule has 0 fully saturated rings. The third kappa shape index (κ3) is 4.47. The summed E-state index contributed by atoms with van der Waals surface area (Å²) < 4.78 is 5.37. The second kappa shape index (κ2) is 7.81. The maximum atomic E-state index is 12.3. The molecule has 0 spiro atoms. The van der Waals surface area contributed by atoms with E-state index in [0.717, 1.165) is 5.56 Å². The molecule has 0 saturated heterocycles. The summed E-state index contributed by atoms with van der Waals surface area (Å²) >= 11 is 0. The molecular formula is C19H23NO4. The van der Waals surface area contributed by atoms with Crippen molar-refractivity contribution in [3.63, 3.8) is 0 Å². The third-order valence-corrected chi connectivity index (χ3v) is 4.10. The highest BCUT2D eigenvalue weighted by Gasteiger charge is 2.20. The van der Waals surface area contributed by atoms with Gasteiger partial charge in [0.15, 0.2) is 0 Å². The first-order valence-corrected chi connectivity index (χ1v) is 8.02. The van der Waals surface area contributed by atoms with Crippen LogP contribution < -0.4 is 5.32 Å². The van der Waals surface area contributed by atoms with E-state index >= 15 is 0 Å². The zero-order chi connectivity index (χ0) is 17.7. The quantitative estimate of drug-likeness (QED) is 0.811. The van der Waals surface area contributed by atoms with Crippen LogP contribution in [0, 0.1) is 12.8 Å². The number of amides is 1. The molecular weight excluding hydrogens is 306 g/mol. The van der Waals surface area contributed by atoms with Gasteiger partial charge in [-0.1, -0.05) is 44.2 Å². The van der Waals surface area contributed by atoms with Crippen LogP contribution in [0.4, 0.5) is 0 Å². The van der Waals surface area contributed by atoms with Crippen molar-refractivity contribution in [2.45, 2.75) is 39.7 Å². The van der Waals surface area contributed by atoms with Crippen LogP contribution in [0.1, 0.15) is 53.6 Å². The molecule has 1 aromatic heterocycles. The molecule has 0 radical (unpaired) electrons. The van der Waals surface area contributed by atoms with Crippen LogP contribution >= 0.6 is 0 Å². The Labute approximate surface area is 141 Å². The summed E-state index contributed by atoms with van der Waals surface area (Å²) in [5.41, 5.74) is 1.27. The molecule has 1 aromatic carbocycles. The van der Waals surface area contributed by atoms with Crippen molar-refractivity contribution in [1.29, 1.82) is 0 Å². The van der Waals surface area contributed by atoms with Gasteiger partial charge in [-0.05, 0) is 30.4 Å². The van der Waals surface area contributed by atoms with Crippen molar-refractivity contribution in [3.05, 3.63) is 59.0 Å². The van der Waals surface area contributed by atoms with Crippen molar-refractivity contribution in [2.24, 2.45) is 5.92 Å². The van der Waals surface area contributed by atoms with E-state index in [1.165, 1.54) is 6.07 Å². The Hall–Kier alpha value is -2.56. The van der Waals surface area contributed by atoms with Crippen molar-refractivity contribution in [1.82, 2.24) is 5.32 Å². The highest BCUT2D eigenvalue weighted by atomic mass is 16.4. The molecule has 2 rings (SSSR count). The molecule has 0 aliphatic heterocycles. The predicted molar refractivity (Wildman–Crippen MR) is 90.9 cm³/mol. The molecule has 5 nitrogen and oxygen atoms in total. The minimum absolute atomic E-state index is 0.0801. The van der Waals surface area contributed by atoms with Gasteiger partial charge in [0, 0.05) is 6.42 Å². The fourth-order valence-electron chi connectivity index (χ4n) is 2.74. The Balaban J connectivity index is 1.97. The number of aromatic carboxylic acids is 1. The van der Waals surface area contributed by atoms with Gasteiger partial charge in [-0.15, -0.1) is 0 Å². The SMILES string of the molecule is Cc1oc(CNC(=O)CC(c2ccccc2)C(C)C)cc1C(=O)O. The molecule has 0 aliphatic carbocycles. The first-order chi connectivity index (χ1) is 11.4. The van der Waals surface area contributed by atoms with E-state index < -0.39 is 5.97 Å². The molecule has 1 amide bonds. The molecule has 1 unspecified atom stereocenters. The van der Waals surface area contributed by atoms with Gasteiger partial charge < -0.3 is 14.8 Å². The second-order valence-electron chi connectivity index (χ2n) is 6.23. The number of hydrogen-bond donors (Lipinski definition) is 2. The predicted octanol–water partition coefficient (Wildman–Crippen LogP) is 3.73. The van der Waals surface area contributed by atoms with Gasteiger partial charge in [0.05, 0.1) is 6.54 Å². The van der Waals surface area contributed by atoms with Gasteiger partial charge in [-0.25, -0.2) is 4.79 Å². The third-order valence-electron chi connectivity index (χ3n) is 4.10. The lowest BCUT2D eigenvalue weighted by atomic mass is 9.85. The molecule has 0 saturated carbocycles. The Bertz CT molecular complexity index is 703. The number of carbonyl (C=O) groups excluding carboxylic acids is 1. The lowest BCUT2D eigenvalue weighted by Gasteiger charge is -2.20. The second-order valence-corrected chi connectivity index (χ2v) is 6.23. The number of carbonyl (C=O) groups is 2. The van der Waals surface area contributed by atoms with E-state index in [9.17, 15) is 9.59 Å². The monoisotopic (exact) mass is 329 g/mol. The van der Waals surface area contributed by atoms with E-state index in [0.29, 0.717) is 23.9 Å². The van der Waals surface area contributed by atoms with Crippen LogP contribution in [0.25, 0.3) is 0 Å². The molecule has 0 aliphatic rings. The van der Waals surface area contributed by atoms with Crippen molar-refractivity contribution >= 4 is 11.9 Å². The normalized spacial score (nSPS) is 12.2. The number of nitrogens with one attached hydrogen (secondary N) is 1. The van der Waals surface area contributed by atoms with Crippen LogP contribution in [0.15, 0.2) is 40.8 Å². The zero-order valence-electron chi connectivity index (χ0n) is 14.2. The topological polar surface area (TPSA) is 79.5 Å². The van der Waals surface area contributed by atoms with Crippen LogP contribution in [0.5, 0.6) is 0 Å². The van der Waals surface area contributed by atoms with E-state index in [-0.39, 0.29) is 23.9 Å². The number of hydrogen-bond acceptors (Lipinski definition) is 3. The molecule has 2 aromatic rings. The number of furan rings is 1. The average molecular weight is 329 g/mol. The Morgan fingerprint density at radius 3 is 2.42 bits per heavy atom. The molecule has 128 valence electrons. The maximum absolute atomic E-state index is 12.3. The van der Waals surface area contributed by atoms with Crippen LogP contribution in [0.2, 0.25) is 0 Å². The Morgan fingerprint density at radius 2 is 1.88 bits per heavy atom. The van der Waals surface area contributed by atoms with Gasteiger partial charge >= 0.3 is 5.97 Å². The maximum Gasteiger partial charge on any atom is 0.339 e. The van der Waals surface area contributed by atoms with Gasteiger partial charge in [0.2, 0.25) is 5.91 Å². The summed E-state index contributed by atoms with van der Waals surface area (Å²) in [7, 11) is 0. The molecule has 1 atom stereocenters. The Morgan fingerprint density at radius 1 is 1.21 bits per heavy atom. The standard InChI is InChI=1S/C19H23NO4/c1-12(2)16(14-7-5-4-6-8-14)10-18(21)20-11-15-9-17(19(22)23)13(3)24-15/h4-9,12,16H,10-11H2,1-3H3,(H,20,21)(H,22,23). The minimum atomic E-state index is -1.03. The van der Waals surface area contributed by atoms with Crippen LogP contribution in [-0.2, 0) is 11.3 Å². The van der Waals surface area contributed by atoms with Crippen molar-refractivity contribution < 1.29 is 19.1 Å². The van der Waals surface area contributed by atoms with Gasteiger partial charge in [-0.3, -0.25) is 4.79 Å². The number of carboxylic acids is 1. The zero-order valence-corrected chi connectivity index (χ0v) is 14.2. The summed E-state index contributed by atoms with van der Waals surface area (Å²) in [6, 6.07) is 11.4. The lowest BCUT2D eigenvalue weighted by Crippen LogP contribution is -2.25. The van der Waals surface area contributed by atoms with E-state index in [1.54, 1.807) is 6.92 Å². The molecule has 24 heavy (non-hydrogen) atoms. The van der Waals surface area contributed by atoms with Crippen LogP contribution in [0.3, 0.4) is 0 Å². The first-order valence-electron chi connectivity index (χ1n) is 8.02. The largest absolute Gasteiger partial charge is 0.478 e. The highest BCUT2D eigenvalue weighted by Crippen LogP contribution is 2.27. The average Bonchev–Trinajstić information content (AvgIpc) is 2.92. The van der Waals surface area contributed by atoms with E-state index in [2.05, 4.69) is 19.2 Å². The molecule has 0 bridgehead atoms. The fourth-order valence-corrected chi connectivity index (χ4v) is 2.74. The number of carboxylic acid groups (broad SMARTS) is 1. The fraction of sp³-hybridized carbons (Fsp3) is 0.368. The van der Waals surface area contributed by atoms with Gasteiger partial charge in [0.25, 0.3) is 0 Å². The summed E-state index contributed by atoms with van der Waals surface area (Å²) in [5.74, 6) is 0.151. The number of benzene rings is 1. The Kier molecular flexibility index (Phi) is 5.79. The first kappa shape index (κ1) is 17.8. The highest BCUT2D eigenvalue weighted by molar-refractivity contribution is 5.88. The summed E-state index contributed by atoms with van der Waals surface area (Å²) in [4.78, 5) is 23.3. The summed E-state index contributed by atoms with van der Waals surface area (Å²) in [5, 5.41) is 11.8. The summed E-state index contributed by atoms with van der Waals surface area (Å²) in [6.45, 7) is 5.98. The van der Waals surface area contributed by atoms with E-state index in [1.807, 2.05) is 30.3 Å². The van der Waals surface area contributed by atoms with Crippen molar-refractivity contribution in [2.75, 3.05) is 0 Å². The minimum Gasteiger partial charge on any atom is -0.478 e. The van der Waals surface area contributed by atoms with E-state index in [4.69, 9.17) is 9.52 Å². The number of aryl methyl sites for hydroxylation is 1. The molecule has 2 N–H and O–H groups in total.